The molecule has 0 aliphatic rings. The van der Waals surface area contributed by atoms with E-state index in [-0.39, 0.29) is 16.6 Å². The van der Waals surface area contributed by atoms with Gasteiger partial charge in [-0.25, -0.2) is 0 Å². The highest BCUT2D eigenvalue weighted by atomic mass is 16.1. The molecular formula is C30H30O2. The first-order chi connectivity index (χ1) is 15.0. The van der Waals surface area contributed by atoms with Crippen molar-refractivity contribution >= 4 is 33.6 Å². The van der Waals surface area contributed by atoms with Crippen LogP contribution in [-0.2, 0) is 10.8 Å². The lowest BCUT2D eigenvalue weighted by atomic mass is 9.81. The van der Waals surface area contributed by atoms with Crippen LogP contribution in [0, 0.1) is 0 Å². The molecule has 0 saturated carbocycles. The summed E-state index contributed by atoms with van der Waals surface area (Å²) in [5.41, 5.74) is 3.91. The predicted molar refractivity (Wildman–Crippen MR) is 134 cm³/mol. The quantitative estimate of drug-likeness (QED) is 0.251. The van der Waals surface area contributed by atoms with E-state index in [4.69, 9.17) is 0 Å². The van der Waals surface area contributed by atoms with Crippen molar-refractivity contribution in [2.75, 3.05) is 0 Å². The smallest absolute Gasteiger partial charge is 0.194 e. The molecule has 0 N–H and O–H groups in total. The predicted octanol–water partition coefficient (Wildman–Crippen LogP) is 7.63. The third-order valence-electron chi connectivity index (χ3n) is 6.27. The highest BCUT2D eigenvalue weighted by molar-refractivity contribution is 6.21. The number of benzene rings is 4. The van der Waals surface area contributed by atoms with Gasteiger partial charge in [-0.15, -0.1) is 0 Å². The third kappa shape index (κ3) is 3.75. The summed E-state index contributed by atoms with van der Waals surface area (Å²) in [6.45, 7) is 13.0. The second-order valence-corrected chi connectivity index (χ2v) is 10.6. The maximum atomic E-state index is 13.7. The van der Waals surface area contributed by atoms with E-state index in [2.05, 4.69) is 59.7 Å². The summed E-state index contributed by atoms with van der Waals surface area (Å²) in [7, 11) is 0. The van der Waals surface area contributed by atoms with Crippen LogP contribution in [0.25, 0.3) is 21.5 Å². The molecule has 0 spiro atoms. The molecule has 2 heteroatoms. The lowest BCUT2D eigenvalue weighted by molar-refractivity contribution is 0.103. The van der Waals surface area contributed by atoms with Gasteiger partial charge in [0.25, 0.3) is 0 Å². The van der Waals surface area contributed by atoms with Crippen LogP contribution < -0.4 is 0 Å². The standard InChI is InChI=1S/C30H30O2/c1-29(2,3)20-12-14-21-19(17-20)11-13-25(26(21)18-31)28(32)24-15-16-27(30(4,5)6)23-10-8-7-9-22(23)24/h7-18H,1-6H3. The largest absolute Gasteiger partial charge is 0.298 e. The van der Waals surface area contributed by atoms with Gasteiger partial charge in [0.05, 0.1) is 0 Å². The monoisotopic (exact) mass is 422 g/mol. The van der Waals surface area contributed by atoms with Gasteiger partial charge in [-0.1, -0.05) is 102 Å². The van der Waals surface area contributed by atoms with Crippen molar-refractivity contribution in [3.63, 3.8) is 0 Å². The molecule has 0 atom stereocenters. The van der Waals surface area contributed by atoms with Crippen LogP contribution >= 0.6 is 0 Å². The highest BCUT2D eigenvalue weighted by Crippen LogP contribution is 2.34. The van der Waals surface area contributed by atoms with E-state index in [1.807, 2.05) is 42.5 Å². The van der Waals surface area contributed by atoms with Gasteiger partial charge >= 0.3 is 0 Å². The molecule has 4 aromatic carbocycles. The van der Waals surface area contributed by atoms with Crippen molar-refractivity contribution in [3.05, 3.63) is 94.5 Å². The Morgan fingerprint density at radius 1 is 0.688 bits per heavy atom. The van der Waals surface area contributed by atoms with Crippen molar-refractivity contribution < 1.29 is 9.59 Å². The van der Waals surface area contributed by atoms with Crippen LogP contribution in [0.1, 0.15) is 78.9 Å². The Bertz CT molecular complexity index is 1360. The van der Waals surface area contributed by atoms with Gasteiger partial charge in [-0.3, -0.25) is 9.59 Å². The number of carbonyl (C=O) groups excluding carboxylic acids is 2. The zero-order valence-corrected chi connectivity index (χ0v) is 19.7. The van der Waals surface area contributed by atoms with E-state index in [1.165, 1.54) is 11.1 Å². The molecule has 0 saturated heterocycles. The molecule has 0 fully saturated rings. The average Bonchev–Trinajstić information content (AvgIpc) is 2.75. The fraction of sp³-hybridized carbons (Fsp3) is 0.267. The van der Waals surface area contributed by atoms with E-state index in [9.17, 15) is 9.59 Å². The van der Waals surface area contributed by atoms with Crippen LogP contribution in [0.15, 0.2) is 66.7 Å². The van der Waals surface area contributed by atoms with Crippen molar-refractivity contribution in [1.82, 2.24) is 0 Å². The summed E-state index contributed by atoms with van der Waals surface area (Å²) in [4.78, 5) is 25.9. The van der Waals surface area contributed by atoms with Crippen LogP contribution in [0.2, 0.25) is 0 Å². The van der Waals surface area contributed by atoms with Gasteiger partial charge in [-0.05, 0) is 49.6 Å². The molecule has 0 amide bonds. The van der Waals surface area contributed by atoms with Gasteiger partial charge in [0.1, 0.15) is 0 Å². The van der Waals surface area contributed by atoms with Crippen molar-refractivity contribution in [1.29, 1.82) is 0 Å². The molecule has 0 aromatic heterocycles. The molecule has 162 valence electrons. The Labute approximate surface area is 190 Å². The van der Waals surface area contributed by atoms with Crippen molar-refractivity contribution in [3.8, 4) is 0 Å². The maximum Gasteiger partial charge on any atom is 0.194 e. The average molecular weight is 423 g/mol. The Balaban J connectivity index is 1.91. The van der Waals surface area contributed by atoms with Gasteiger partial charge in [-0.2, -0.15) is 0 Å². The molecule has 32 heavy (non-hydrogen) atoms. The van der Waals surface area contributed by atoms with E-state index in [1.54, 1.807) is 6.07 Å². The Morgan fingerprint density at radius 3 is 1.97 bits per heavy atom. The number of aldehydes is 1. The van der Waals surface area contributed by atoms with E-state index >= 15 is 0 Å². The molecule has 0 aliphatic carbocycles. The number of hydrogen-bond donors (Lipinski definition) is 0. The Kier molecular flexibility index (Phi) is 5.29. The summed E-state index contributed by atoms with van der Waals surface area (Å²) in [5.74, 6) is -0.120. The fourth-order valence-corrected chi connectivity index (χ4v) is 4.44. The summed E-state index contributed by atoms with van der Waals surface area (Å²) in [6, 6.07) is 21.9. The highest BCUT2D eigenvalue weighted by Gasteiger charge is 2.23. The van der Waals surface area contributed by atoms with Crippen LogP contribution in [0.4, 0.5) is 0 Å². The van der Waals surface area contributed by atoms with E-state index in [0.717, 1.165) is 27.8 Å². The zero-order chi connectivity index (χ0) is 23.3. The molecule has 0 bridgehead atoms. The maximum absolute atomic E-state index is 13.7. The lowest BCUT2D eigenvalue weighted by Gasteiger charge is -2.22. The summed E-state index contributed by atoms with van der Waals surface area (Å²) < 4.78 is 0. The summed E-state index contributed by atoms with van der Waals surface area (Å²) >= 11 is 0. The summed E-state index contributed by atoms with van der Waals surface area (Å²) in [5, 5.41) is 3.79. The second kappa shape index (κ2) is 7.70. The molecule has 0 aliphatic heterocycles. The molecule has 2 nitrogen and oxygen atoms in total. The number of rotatable bonds is 3. The van der Waals surface area contributed by atoms with Gasteiger partial charge in [0, 0.05) is 16.7 Å². The first-order valence-electron chi connectivity index (χ1n) is 11.1. The minimum atomic E-state index is -0.120. The Morgan fingerprint density at radius 2 is 1.34 bits per heavy atom. The zero-order valence-electron chi connectivity index (χ0n) is 19.7. The molecular weight excluding hydrogens is 392 g/mol. The number of ketones is 1. The SMILES string of the molecule is CC(C)(C)c1ccc2c(C=O)c(C(=O)c3ccc(C(C)(C)C)c4ccccc34)ccc2c1. The third-order valence-corrected chi connectivity index (χ3v) is 6.27. The van der Waals surface area contributed by atoms with Gasteiger partial charge < -0.3 is 0 Å². The normalized spacial score (nSPS) is 12.3. The second-order valence-electron chi connectivity index (χ2n) is 10.6. The van der Waals surface area contributed by atoms with Gasteiger partial charge in [0.2, 0.25) is 0 Å². The number of carbonyl (C=O) groups is 2. The Hall–Kier alpha value is -3.26. The molecule has 0 heterocycles. The minimum absolute atomic E-state index is 0.0116. The van der Waals surface area contributed by atoms with Gasteiger partial charge in [0.15, 0.2) is 12.1 Å². The lowest BCUT2D eigenvalue weighted by Crippen LogP contribution is -2.13. The van der Waals surface area contributed by atoms with Crippen molar-refractivity contribution in [2.24, 2.45) is 0 Å². The fourth-order valence-electron chi connectivity index (χ4n) is 4.44. The van der Waals surface area contributed by atoms with Crippen LogP contribution in [0.3, 0.4) is 0 Å². The molecule has 0 unspecified atom stereocenters. The van der Waals surface area contributed by atoms with Crippen LogP contribution in [-0.4, -0.2) is 12.1 Å². The van der Waals surface area contributed by atoms with Crippen molar-refractivity contribution in [2.45, 2.75) is 52.4 Å². The molecule has 4 rings (SSSR count). The first-order valence-corrected chi connectivity index (χ1v) is 11.1. The van der Waals surface area contributed by atoms with E-state index in [0.29, 0.717) is 16.7 Å². The van der Waals surface area contributed by atoms with E-state index < -0.39 is 0 Å². The molecule has 0 radical (unpaired) electrons. The first kappa shape index (κ1) is 22.0. The molecule has 4 aromatic rings. The topological polar surface area (TPSA) is 34.1 Å². The summed E-state index contributed by atoms with van der Waals surface area (Å²) in [6.07, 6.45) is 0.818. The minimum Gasteiger partial charge on any atom is -0.298 e. The van der Waals surface area contributed by atoms with Crippen LogP contribution in [0.5, 0.6) is 0 Å². The number of hydrogen-bond acceptors (Lipinski definition) is 2. The number of fused-ring (bicyclic) bond motifs is 2.